The van der Waals surface area contributed by atoms with E-state index < -0.39 is 0 Å². The van der Waals surface area contributed by atoms with Crippen LogP contribution in [0.25, 0.3) is 21.0 Å². The van der Waals surface area contributed by atoms with Crippen molar-refractivity contribution in [2.45, 2.75) is 0 Å². The summed E-state index contributed by atoms with van der Waals surface area (Å²) < 4.78 is 4.06. The third-order valence-electron chi connectivity index (χ3n) is 2.78. The molecule has 0 N–H and O–H groups in total. The van der Waals surface area contributed by atoms with Crippen LogP contribution in [0.2, 0.25) is 0 Å². The van der Waals surface area contributed by atoms with Crippen molar-refractivity contribution in [3.05, 3.63) is 49.3 Å². The van der Waals surface area contributed by atoms with Gasteiger partial charge < -0.3 is 4.40 Å². The molecule has 0 bridgehead atoms. The van der Waals surface area contributed by atoms with Crippen LogP contribution >= 0.6 is 11.3 Å². The molecule has 0 fully saturated rings. The number of fused-ring (bicyclic) bond motifs is 2. The fraction of sp³-hybridized carbons (Fsp3) is 0. The molecular formula is C12H8N4S. The molecule has 0 saturated carbocycles. The summed E-state index contributed by atoms with van der Waals surface area (Å²) >= 11 is 1.67. The van der Waals surface area contributed by atoms with Crippen LogP contribution in [0.4, 0.5) is 0 Å². The lowest BCUT2D eigenvalue weighted by Gasteiger charge is -1.99. The zero-order valence-electron chi connectivity index (χ0n) is 8.82. The molecule has 4 heterocycles. The maximum absolute atomic E-state index is 4.39. The molecule has 4 rings (SSSR count). The predicted octanol–water partition coefficient (Wildman–Crippen LogP) is 2.71. The van der Waals surface area contributed by atoms with Gasteiger partial charge in [-0.3, -0.25) is 4.40 Å². The third kappa shape index (κ3) is 1.23. The largest absolute Gasteiger partial charge is 0.307 e. The number of aromatic nitrogens is 4. The number of pyridine rings is 1. The van der Waals surface area contributed by atoms with Gasteiger partial charge in [0.25, 0.3) is 0 Å². The van der Waals surface area contributed by atoms with E-state index in [4.69, 9.17) is 0 Å². The Morgan fingerprint density at radius 2 is 1.88 bits per heavy atom. The first-order valence-electron chi connectivity index (χ1n) is 5.26. The second-order valence-corrected chi connectivity index (χ2v) is 4.80. The lowest BCUT2D eigenvalue weighted by atomic mass is 10.2. The van der Waals surface area contributed by atoms with Crippen molar-refractivity contribution >= 4 is 21.9 Å². The monoisotopic (exact) mass is 240 g/mol. The molecule has 4 nitrogen and oxygen atoms in total. The molecule has 82 valence electrons. The smallest absolute Gasteiger partial charge is 0.194 e. The fourth-order valence-electron chi connectivity index (χ4n) is 1.99. The Morgan fingerprint density at radius 1 is 1.00 bits per heavy atom. The van der Waals surface area contributed by atoms with Crippen LogP contribution in [-0.4, -0.2) is 18.8 Å². The van der Waals surface area contributed by atoms with E-state index in [0.717, 1.165) is 16.2 Å². The minimum Gasteiger partial charge on any atom is -0.307 e. The standard InChI is InChI=1S/C12H8N4S/c1-2-9(11-13-3-6-15(11)5-1)10-8-16-7-4-14-12(16)17-10/h1-8H. The highest BCUT2D eigenvalue weighted by Crippen LogP contribution is 2.30. The van der Waals surface area contributed by atoms with E-state index in [9.17, 15) is 0 Å². The molecule has 4 aromatic rings. The Labute approximate surface area is 101 Å². The van der Waals surface area contributed by atoms with Gasteiger partial charge in [0.1, 0.15) is 5.65 Å². The van der Waals surface area contributed by atoms with Gasteiger partial charge in [0.05, 0.1) is 4.88 Å². The van der Waals surface area contributed by atoms with Crippen LogP contribution < -0.4 is 0 Å². The summed E-state index contributed by atoms with van der Waals surface area (Å²) in [6.45, 7) is 0. The summed E-state index contributed by atoms with van der Waals surface area (Å²) in [4.78, 5) is 10.9. The number of thiazole rings is 1. The van der Waals surface area contributed by atoms with E-state index in [2.05, 4.69) is 22.2 Å². The number of imidazole rings is 2. The predicted molar refractivity (Wildman–Crippen MR) is 67.3 cm³/mol. The summed E-state index contributed by atoms with van der Waals surface area (Å²) in [6.07, 6.45) is 11.6. The molecule has 0 aliphatic heterocycles. The summed E-state index contributed by atoms with van der Waals surface area (Å²) in [5, 5.41) is 0. The van der Waals surface area contributed by atoms with Crippen LogP contribution in [0.15, 0.2) is 49.3 Å². The molecule has 5 heteroatoms. The van der Waals surface area contributed by atoms with Gasteiger partial charge in [0, 0.05) is 42.7 Å². The fourth-order valence-corrected chi connectivity index (χ4v) is 2.96. The Bertz CT molecular complexity index is 779. The SMILES string of the molecule is c1cc(-c2cn3ccnc3s2)c2nccn2c1. The number of hydrogen-bond donors (Lipinski definition) is 0. The lowest BCUT2D eigenvalue weighted by molar-refractivity contribution is 1.19. The van der Waals surface area contributed by atoms with Gasteiger partial charge in [0.2, 0.25) is 0 Å². The number of hydrogen-bond acceptors (Lipinski definition) is 3. The normalized spacial score (nSPS) is 11.5. The first kappa shape index (κ1) is 8.95. The maximum atomic E-state index is 4.39. The van der Waals surface area contributed by atoms with Crippen LogP contribution in [0.5, 0.6) is 0 Å². The topological polar surface area (TPSA) is 34.6 Å². The Morgan fingerprint density at radius 3 is 2.82 bits per heavy atom. The molecule has 0 aromatic carbocycles. The molecule has 0 spiro atoms. The minimum atomic E-state index is 0.983. The lowest BCUT2D eigenvalue weighted by Crippen LogP contribution is -1.85. The Hall–Kier alpha value is -2.14. The summed E-state index contributed by atoms with van der Waals surface area (Å²) in [6, 6.07) is 4.13. The molecule has 17 heavy (non-hydrogen) atoms. The molecule has 0 atom stereocenters. The van der Waals surface area contributed by atoms with E-state index in [1.165, 1.54) is 4.88 Å². The van der Waals surface area contributed by atoms with Gasteiger partial charge in [0.15, 0.2) is 4.96 Å². The molecule has 0 radical (unpaired) electrons. The maximum Gasteiger partial charge on any atom is 0.194 e. The van der Waals surface area contributed by atoms with Gasteiger partial charge >= 0.3 is 0 Å². The highest BCUT2D eigenvalue weighted by atomic mass is 32.1. The average molecular weight is 240 g/mol. The first-order valence-corrected chi connectivity index (χ1v) is 6.08. The van der Waals surface area contributed by atoms with E-state index in [0.29, 0.717) is 0 Å². The van der Waals surface area contributed by atoms with E-state index in [1.54, 1.807) is 11.3 Å². The minimum absolute atomic E-state index is 0.983. The van der Waals surface area contributed by atoms with E-state index in [1.807, 2.05) is 45.9 Å². The van der Waals surface area contributed by atoms with Crippen molar-refractivity contribution in [2.24, 2.45) is 0 Å². The van der Waals surface area contributed by atoms with Crippen molar-refractivity contribution in [1.82, 2.24) is 18.8 Å². The van der Waals surface area contributed by atoms with Crippen LogP contribution in [0.3, 0.4) is 0 Å². The van der Waals surface area contributed by atoms with Gasteiger partial charge in [-0.15, -0.1) is 0 Å². The highest BCUT2D eigenvalue weighted by Gasteiger charge is 2.09. The van der Waals surface area contributed by atoms with Crippen molar-refractivity contribution in [3.63, 3.8) is 0 Å². The van der Waals surface area contributed by atoms with Crippen molar-refractivity contribution in [1.29, 1.82) is 0 Å². The summed E-state index contributed by atoms with van der Waals surface area (Å²) in [5.41, 5.74) is 2.13. The average Bonchev–Trinajstić information content (AvgIpc) is 3.02. The first-order chi connectivity index (χ1) is 8.42. The summed E-state index contributed by atoms with van der Waals surface area (Å²) in [5.74, 6) is 0. The third-order valence-corrected chi connectivity index (χ3v) is 3.82. The number of nitrogens with zero attached hydrogens (tertiary/aromatic N) is 4. The Kier molecular flexibility index (Phi) is 1.67. The van der Waals surface area contributed by atoms with Gasteiger partial charge in [-0.1, -0.05) is 11.3 Å². The number of rotatable bonds is 1. The highest BCUT2D eigenvalue weighted by molar-refractivity contribution is 7.20. The van der Waals surface area contributed by atoms with Crippen LogP contribution in [-0.2, 0) is 0 Å². The van der Waals surface area contributed by atoms with Crippen molar-refractivity contribution < 1.29 is 0 Å². The molecule has 0 aliphatic rings. The van der Waals surface area contributed by atoms with Crippen LogP contribution in [0.1, 0.15) is 0 Å². The van der Waals surface area contributed by atoms with Gasteiger partial charge in [-0.05, 0) is 12.1 Å². The molecule has 0 aliphatic carbocycles. The second-order valence-electron chi connectivity index (χ2n) is 3.79. The second kappa shape index (κ2) is 3.18. The molecule has 0 saturated heterocycles. The van der Waals surface area contributed by atoms with Crippen LogP contribution in [0, 0.1) is 0 Å². The summed E-state index contributed by atoms with van der Waals surface area (Å²) in [7, 11) is 0. The molecule has 0 unspecified atom stereocenters. The van der Waals surface area contributed by atoms with E-state index >= 15 is 0 Å². The van der Waals surface area contributed by atoms with Crippen molar-refractivity contribution in [2.75, 3.05) is 0 Å². The zero-order chi connectivity index (χ0) is 11.2. The van der Waals surface area contributed by atoms with E-state index in [-0.39, 0.29) is 0 Å². The quantitative estimate of drug-likeness (QED) is 0.512. The van der Waals surface area contributed by atoms with Gasteiger partial charge in [-0.25, -0.2) is 9.97 Å². The zero-order valence-corrected chi connectivity index (χ0v) is 9.63. The van der Waals surface area contributed by atoms with Gasteiger partial charge in [-0.2, -0.15) is 0 Å². The molecule has 0 amide bonds. The molecule has 4 aromatic heterocycles. The molecular weight excluding hydrogens is 232 g/mol. The van der Waals surface area contributed by atoms with Crippen molar-refractivity contribution in [3.8, 4) is 10.4 Å². The Balaban J connectivity index is 2.04.